The topological polar surface area (TPSA) is 9.23 Å². The van der Waals surface area contributed by atoms with Crippen LogP contribution in [0.3, 0.4) is 0 Å². The molecule has 0 aromatic rings. The molecule has 0 bridgehead atoms. The first-order valence-corrected chi connectivity index (χ1v) is 5.74. The Labute approximate surface area is 98.5 Å². The van der Waals surface area contributed by atoms with Gasteiger partial charge in [0.25, 0.3) is 0 Å². The van der Waals surface area contributed by atoms with Crippen LogP contribution in [-0.4, -0.2) is 13.2 Å². The van der Waals surface area contributed by atoms with E-state index in [0.717, 1.165) is 18.6 Å². The van der Waals surface area contributed by atoms with E-state index in [2.05, 4.69) is 31.4 Å². The van der Waals surface area contributed by atoms with Gasteiger partial charge in [0.15, 0.2) is 0 Å². The van der Waals surface area contributed by atoms with Crippen LogP contribution in [0.4, 0.5) is 0 Å². The van der Waals surface area contributed by atoms with E-state index in [0.29, 0.717) is 6.61 Å². The summed E-state index contributed by atoms with van der Waals surface area (Å²) < 4.78 is 5.58. The van der Waals surface area contributed by atoms with Gasteiger partial charge < -0.3 is 4.74 Å². The minimum absolute atomic E-state index is 0.618. The van der Waals surface area contributed by atoms with Crippen LogP contribution in [0, 0.1) is 0 Å². The third kappa shape index (κ3) is 4.94. The Bertz CT molecular complexity index is 318. The average molecular weight is 216 g/mol. The quantitative estimate of drug-likeness (QED) is 0.462. The van der Waals surface area contributed by atoms with E-state index in [1.165, 1.54) is 18.4 Å². The summed E-state index contributed by atoms with van der Waals surface area (Å²) in [6.45, 7) is 8.76. The Morgan fingerprint density at radius 2 is 2.25 bits per heavy atom. The van der Waals surface area contributed by atoms with Crippen LogP contribution in [0.1, 0.15) is 19.3 Å². The van der Waals surface area contributed by atoms with Crippen LogP contribution < -0.4 is 0 Å². The van der Waals surface area contributed by atoms with Gasteiger partial charge in [-0.1, -0.05) is 55.2 Å². The molecule has 1 rings (SSSR count). The van der Waals surface area contributed by atoms with Crippen molar-refractivity contribution in [2.45, 2.75) is 19.3 Å². The van der Waals surface area contributed by atoms with E-state index in [9.17, 15) is 0 Å². The van der Waals surface area contributed by atoms with E-state index in [4.69, 9.17) is 4.74 Å². The Hall–Kier alpha value is -1.34. The molecule has 0 spiro atoms. The van der Waals surface area contributed by atoms with Crippen molar-refractivity contribution in [3.8, 4) is 0 Å². The lowest BCUT2D eigenvalue weighted by molar-refractivity contribution is 0.162. The second-order valence-electron chi connectivity index (χ2n) is 3.74. The molecule has 16 heavy (non-hydrogen) atoms. The molecular weight excluding hydrogens is 196 g/mol. The van der Waals surface area contributed by atoms with Crippen molar-refractivity contribution in [3.63, 3.8) is 0 Å². The molecule has 0 amide bonds. The smallest absolute Gasteiger partial charge is 0.0716 e. The summed E-state index contributed by atoms with van der Waals surface area (Å²) in [5, 5.41) is 0. The summed E-state index contributed by atoms with van der Waals surface area (Å²) in [7, 11) is 0. The van der Waals surface area contributed by atoms with E-state index >= 15 is 0 Å². The standard InChI is InChI=1S/C15H20O/c1-3-8-14(4-2)13-16-12-11-15-9-6-5-7-10-15/h3-4,6,8-10H,1-2,5,7,11-13H2/b14-8+. The lowest BCUT2D eigenvalue weighted by atomic mass is 10.1. The number of hydrogen-bond acceptors (Lipinski definition) is 1. The molecule has 0 atom stereocenters. The number of ether oxygens (including phenoxy) is 1. The molecule has 1 aliphatic carbocycles. The predicted molar refractivity (Wildman–Crippen MR) is 70.4 cm³/mol. The molecular formula is C15H20O. The van der Waals surface area contributed by atoms with Gasteiger partial charge in [0.2, 0.25) is 0 Å². The monoisotopic (exact) mass is 216 g/mol. The maximum atomic E-state index is 5.58. The molecule has 86 valence electrons. The first kappa shape index (κ1) is 12.7. The van der Waals surface area contributed by atoms with Crippen LogP contribution in [0.5, 0.6) is 0 Å². The molecule has 0 saturated heterocycles. The normalized spacial score (nSPS) is 15.8. The first-order chi connectivity index (χ1) is 7.86. The van der Waals surface area contributed by atoms with Gasteiger partial charge in [0.05, 0.1) is 13.2 Å². The highest BCUT2D eigenvalue weighted by molar-refractivity contribution is 5.22. The Morgan fingerprint density at radius 3 is 2.88 bits per heavy atom. The highest BCUT2D eigenvalue weighted by atomic mass is 16.5. The fraction of sp³-hybridized carbons (Fsp3) is 0.333. The highest BCUT2D eigenvalue weighted by Crippen LogP contribution is 2.13. The molecule has 0 saturated carbocycles. The van der Waals surface area contributed by atoms with Crippen LogP contribution in [0.2, 0.25) is 0 Å². The second kappa shape index (κ2) is 7.89. The fourth-order valence-corrected chi connectivity index (χ4v) is 1.56. The Morgan fingerprint density at radius 1 is 1.38 bits per heavy atom. The number of rotatable bonds is 7. The van der Waals surface area contributed by atoms with Crippen LogP contribution in [0.25, 0.3) is 0 Å². The Kier molecular flexibility index (Phi) is 6.28. The fourth-order valence-electron chi connectivity index (χ4n) is 1.56. The largest absolute Gasteiger partial charge is 0.376 e. The van der Waals surface area contributed by atoms with E-state index in [1.54, 1.807) is 6.08 Å². The van der Waals surface area contributed by atoms with Gasteiger partial charge in [-0.25, -0.2) is 0 Å². The molecule has 0 heterocycles. The molecule has 1 aliphatic rings. The van der Waals surface area contributed by atoms with Crippen LogP contribution in [0.15, 0.2) is 60.8 Å². The van der Waals surface area contributed by atoms with Crippen molar-refractivity contribution < 1.29 is 4.74 Å². The molecule has 0 unspecified atom stereocenters. The average Bonchev–Trinajstić information content (AvgIpc) is 2.34. The van der Waals surface area contributed by atoms with E-state index < -0.39 is 0 Å². The van der Waals surface area contributed by atoms with E-state index in [-0.39, 0.29) is 0 Å². The van der Waals surface area contributed by atoms with Gasteiger partial charge in [0, 0.05) is 0 Å². The van der Waals surface area contributed by atoms with Crippen molar-refractivity contribution in [1.82, 2.24) is 0 Å². The van der Waals surface area contributed by atoms with Gasteiger partial charge in [-0.2, -0.15) is 0 Å². The number of allylic oxidation sites excluding steroid dienone is 5. The summed E-state index contributed by atoms with van der Waals surface area (Å²) in [4.78, 5) is 0. The minimum Gasteiger partial charge on any atom is -0.376 e. The number of hydrogen-bond donors (Lipinski definition) is 0. The van der Waals surface area contributed by atoms with Gasteiger partial charge in [0.1, 0.15) is 0 Å². The summed E-state index contributed by atoms with van der Waals surface area (Å²) in [6.07, 6.45) is 15.5. The summed E-state index contributed by atoms with van der Waals surface area (Å²) in [6, 6.07) is 0. The third-order valence-corrected chi connectivity index (χ3v) is 2.47. The van der Waals surface area contributed by atoms with Crippen LogP contribution in [-0.2, 0) is 4.74 Å². The summed E-state index contributed by atoms with van der Waals surface area (Å²) >= 11 is 0. The maximum Gasteiger partial charge on any atom is 0.0716 e. The third-order valence-electron chi connectivity index (χ3n) is 2.47. The summed E-state index contributed by atoms with van der Waals surface area (Å²) in [5.41, 5.74) is 2.46. The van der Waals surface area contributed by atoms with Crippen molar-refractivity contribution in [3.05, 3.63) is 60.8 Å². The lowest BCUT2D eigenvalue weighted by Gasteiger charge is -2.08. The molecule has 0 N–H and O–H groups in total. The zero-order valence-electron chi connectivity index (χ0n) is 9.82. The van der Waals surface area contributed by atoms with Crippen molar-refractivity contribution in [2.75, 3.05) is 13.2 Å². The zero-order chi connectivity index (χ0) is 11.6. The van der Waals surface area contributed by atoms with Gasteiger partial charge >= 0.3 is 0 Å². The molecule has 1 nitrogen and oxygen atoms in total. The lowest BCUT2D eigenvalue weighted by Crippen LogP contribution is -2.00. The second-order valence-corrected chi connectivity index (χ2v) is 3.74. The van der Waals surface area contributed by atoms with Gasteiger partial charge in [-0.05, 0) is 24.8 Å². The molecule has 0 radical (unpaired) electrons. The highest BCUT2D eigenvalue weighted by Gasteiger charge is 1.98. The molecule has 0 aromatic heterocycles. The molecule has 0 aromatic carbocycles. The van der Waals surface area contributed by atoms with Gasteiger partial charge in [-0.3, -0.25) is 0 Å². The van der Waals surface area contributed by atoms with Crippen molar-refractivity contribution in [2.24, 2.45) is 0 Å². The molecule has 0 fully saturated rings. The van der Waals surface area contributed by atoms with Crippen molar-refractivity contribution in [1.29, 1.82) is 0 Å². The SMILES string of the molecule is C=C/C=C(\C=C)COCCC1=CCCC=C1. The molecule has 0 aliphatic heterocycles. The van der Waals surface area contributed by atoms with Gasteiger partial charge in [-0.15, -0.1) is 0 Å². The van der Waals surface area contributed by atoms with E-state index in [1.807, 2.05) is 12.2 Å². The summed E-state index contributed by atoms with van der Waals surface area (Å²) in [5.74, 6) is 0. The minimum atomic E-state index is 0.618. The Balaban J connectivity index is 2.18. The molecule has 1 heteroatoms. The predicted octanol–water partition coefficient (Wildman–Crippen LogP) is 3.97. The zero-order valence-corrected chi connectivity index (χ0v) is 9.82. The first-order valence-electron chi connectivity index (χ1n) is 5.74. The van der Waals surface area contributed by atoms with Crippen LogP contribution >= 0.6 is 0 Å². The van der Waals surface area contributed by atoms with Crippen molar-refractivity contribution >= 4 is 0 Å². The maximum absolute atomic E-state index is 5.58.